The summed E-state index contributed by atoms with van der Waals surface area (Å²) in [5.74, 6) is -1.18. The van der Waals surface area contributed by atoms with E-state index in [1.165, 1.54) is 20.3 Å². The standard InChI is InChI=1S/C11H15FO4/c1-15-8-6-7(4-3-5-13)10(14)9(12)11(8)16-2/h6,13-14H,3-5H2,1-2H3. The summed E-state index contributed by atoms with van der Waals surface area (Å²) < 4.78 is 23.4. The van der Waals surface area contributed by atoms with Crippen LogP contribution in [0.25, 0.3) is 0 Å². The molecule has 0 aliphatic carbocycles. The molecule has 0 unspecified atom stereocenters. The first-order valence-corrected chi connectivity index (χ1v) is 4.88. The van der Waals surface area contributed by atoms with Crippen LogP contribution in [0.3, 0.4) is 0 Å². The minimum Gasteiger partial charge on any atom is -0.505 e. The molecule has 4 nitrogen and oxygen atoms in total. The first-order valence-electron chi connectivity index (χ1n) is 4.88. The van der Waals surface area contributed by atoms with Gasteiger partial charge in [0.05, 0.1) is 14.2 Å². The molecule has 0 saturated heterocycles. The van der Waals surface area contributed by atoms with Gasteiger partial charge in [0.1, 0.15) is 0 Å². The summed E-state index contributed by atoms with van der Waals surface area (Å²) in [6.45, 7) is -0.0184. The van der Waals surface area contributed by atoms with Crippen molar-refractivity contribution in [2.75, 3.05) is 20.8 Å². The molecule has 1 rings (SSSR count). The number of methoxy groups -OCH3 is 2. The van der Waals surface area contributed by atoms with Crippen LogP contribution in [0.15, 0.2) is 6.07 Å². The van der Waals surface area contributed by atoms with Gasteiger partial charge >= 0.3 is 0 Å². The highest BCUT2D eigenvalue weighted by atomic mass is 19.1. The van der Waals surface area contributed by atoms with Crippen molar-refractivity contribution in [2.24, 2.45) is 0 Å². The molecular formula is C11H15FO4. The number of phenolic OH excluding ortho intramolecular Hbond substituents is 1. The average molecular weight is 230 g/mol. The van der Waals surface area contributed by atoms with Gasteiger partial charge in [-0.1, -0.05) is 0 Å². The van der Waals surface area contributed by atoms with Crippen molar-refractivity contribution in [3.63, 3.8) is 0 Å². The van der Waals surface area contributed by atoms with Crippen molar-refractivity contribution in [1.82, 2.24) is 0 Å². The van der Waals surface area contributed by atoms with Crippen LogP contribution >= 0.6 is 0 Å². The minimum absolute atomic E-state index is 0.0184. The number of aliphatic hydroxyl groups is 1. The molecule has 0 aliphatic heterocycles. The van der Waals surface area contributed by atoms with Gasteiger partial charge in [-0.05, 0) is 18.9 Å². The summed E-state index contributed by atoms with van der Waals surface area (Å²) in [6, 6.07) is 1.51. The maximum atomic E-state index is 13.6. The predicted octanol–water partition coefficient (Wildman–Crippen LogP) is 1.47. The molecule has 0 amide bonds. The van der Waals surface area contributed by atoms with E-state index in [2.05, 4.69) is 0 Å². The maximum Gasteiger partial charge on any atom is 0.210 e. The van der Waals surface area contributed by atoms with Crippen LogP contribution in [-0.4, -0.2) is 31.0 Å². The topological polar surface area (TPSA) is 58.9 Å². The molecule has 0 spiro atoms. The lowest BCUT2D eigenvalue weighted by Gasteiger charge is -2.12. The lowest BCUT2D eigenvalue weighted by atomic mass is 10.1. The Bertz CT molecular complexity index is 365. The quantitative estimate of drug-likeness (QED) is 0.804. The smallest absolute Gasteiger partial charge is 0.210 e. The molecule has 0 bridgehead atoms. The van der Waals surface area contributed by atoms with Crippen LogP contribution in [0, 0.1) is 5.82 Å². The van der Waals surface area contributed by atoms with Crippen LogP contribution in [0.1, 0.15) is 12.0 Å². The number of hydrogen-bond donors (Lipinski definition) is 2. The number of benzene rings is 1. The summed E-state index contributed by atoms with van der Waals surface area (Å²) in [7, 11) is 2.69. The molecule has 0 saturated carbocycles. The lowest BCUT2D eigenvalue weighted by Crippen LogP contribution is -1.98. The van der Waals surface area contributed by atoms with Gasteiger partial charge in [-0.2, -0.15) is 4.39 Å². The highest BCUT2D eigenvalue weighted by Crippen LogP contribution is 2.38. The van der Waals surface area contributed by atoms with Gasteiger partial charge in [0.25, 0.3) is 0 Å². The second-order valence-electron chi connectivity index (χ2n) is 3.26. The van der Waals surface area contributed by atoms with Gasteiger partial charge in [-0.25, -0.2) is 0 Å². The fourth-order valence-corrected chi connectivity index (χ4v) is 1.45. The molecule has 16 heavy (non-hydrogen) atoms. The Morgan fingerprint density at radius 2 is 2.00 bits per heavy atom. The highest BCUT2D eigenvalue weighted by molar-refractivity contribution is 5.51. The normalized spacial score (nSPS) is 10.2. The van der Waals surface area contributed by atoms with E-state index in [1.54, 1.807) is 0 Å². The van der Waals surface area contributed by atoms with E-state index in [0.717, 1.165) is 0 Å². The lowest BCUT2D eigenvalue weighted by molar-refractivity contribution is 0.286. The van der Waals surface area contributed by atoms with Crippen LogP contribution in [0.4, 0.5) is 4.39 Å². The molecule has 2 N–H and O–H groups in total. The van der Waals surface area contributed by atoms with Crippen molar-refractivity contribution in [1.29, 1.82) is 0 Å². The van der Waals surface area contributed by atoms with E-state index in [9.17, 15) is 9.50 Å². The van der Waals surface area contributed by atoms with E-state index < -0.39 is 11.6 Å². The van der Waals surface area contributed by atoms with Crippen LogP contribution < -0.4 is 9.47 Å². The number of aliphatic hydroxyl groups excluding tert-OH is 1. The summed E-state index contributed by atoms with van der Waals surface area (Å²) in [4.78, 5) is 0. The third kappa shape index (κ3) is 2.36. The van der Waals surface area contributed by atoms with Crippen LogP contribution in [0.2, 0.25) is 0 Å². The Kier molecular flexibility index (Phi) is 4.37. The van der Waals surface area contributed by atoms with E-state index in [-0.39, 0.29) is 18.1 Å². The number of aryl methyl sites for hydroxylation is 1. The van der Waals surface area contributed by atoms with Gasteiger partial charge in [0.2, 0.25) is 11.6 Å². The largest absolute Gasteiger partial charge is 0.505 e. The summed E-state index contributed by atoms with van der Waals surface area (Å²) in [5.41, 5.74) is 0.393. The molecule has 1 aromatic carbocycles. The third-order valence-corrected chi connectivity index (χ3v) is 2.27. The van der Waals surface area contributed by atoms with Gasteiger partial charge < -0.3 is 19.7 Å². The van der Waals surface area contributed by atoms with Crippen LogP contribution in [-0.2, 0) is 6.42 Å². The van der Waals surface area contributed by atoms with Gasteiger partial charge in [-0.15, -0.1) is 0 Å². The number of halogens is 1. The zero-order valence-electron chi connectivity index (χ0n) is 9.29. The second-order valence-corrected chi connectivity index (χ2v) is 3.26. The molecule has 0 aromatic heterocycles. The van der Waals surface area contributed by atoms with Crippen molar-refractivity contribution in [2.45, 2.75) is 12.8 Å². The Hall–Kier alpha value is -1.49. The molecule has 0 aliphatic rings. The number of ether oxygens (including phenoxy) is 2. The number of aromatic hydroxyl groups is 1. The number of hydrogen-bond acceptors (Lipinski definition) is 4. The molecule has 0 fully saturated rings. The summed E-state index contributed by atoms with van der Waals surface area (Å²) in [5, 5.41) is 18.2. The van der Waals surface area contributed by atoms with Gasteiger partial charge in [0.15, 0.2) is 11.5 Å². The Labute approximate surface area is 93.2 Å². The van der Waals surface area contributed by atoms with Gasteiger partial charge in [0, 0.05) is 12.2 Å². The predicted molar refractivity (Wildman–Crippen MR) is 56.6 cm³/mol. The fraction of sp³-hybridized carbons (Fsp3) is 0.455. The molecule has 5 heteroatoms. The van der Waals surface area contributed by atoms with Gasteiger partial charge in [-0.3, -0.25) is 0 Å². The first kappa shape index (κ1) is 12.6. The molecule has 1 aromatic rings. The molecule has 0 heterocycles. The SMILES string of the molecule is COc1cc(CCCO)c(O)c(F)c1OC. The molecule has 0 atom stereocenters. The van der Waals surface area contributed by atoms with Crippen molar-refractivity contribution < 1.29 is 24.1 Å². The minimum atomic E-state index is -0.838. The van der Waals surface area contributed by atoms with Crippen LogP contribution in [0.5, 0.6) is 17.2 Å². The van der Waals surface area contributed by atoms with E-state index in [4.69, 9.17) is 14.6 Å². The van der Waals surface area contributed by atoms with Crippen molar-refractivity contribution >= 4 is 0 Å². The summed E-state index contributed by atoms with van der Waals surface area (Å²) >= 11 is 0. The average Bonchev–Trinajstić information content (AvgIpc) is 2.30. The molecular weight excluding hydrogens is 215 g/mol. The fourth-order valence-electron chi connectivity index (χ4n) is 1.45. The Morgan fingerprint density at radius 3 is 2.50 bits per heavy atom. The zero-order chi connectivity index (χ0) is 12.1. The first-order chi connectivity index (χ1) is 7.65. The van der Waals surface area contributed by atoms with Crippen molar-refractivity contribution in [3.05, 3.63) is 17.4 Å². The third-order valence-electron chi connectivity index (χ3n) is 2.27. The summed E-state index contributed by atoms with van der Waals surface area (Å²) in [6.07, 6.45) is 0.822. The Morgan fingerprint density at radius 1 is 1.31 bits per heavy atom. The van der Waals surface area contributed by atoms with E-state index in [0.29, 0.717) is 18.4 Å². The molecule has 0 radical (unpaired) electrons. The van der Waals surface area contributed by atoms with E-state index in [1.807, 2.05) is 0 Å². The molecule has 90 valence electrons. The Balaban J connectivity index is 3.16. The number of phenols is 1. The van der Waals surface area contributed by atoms with E-state index >= 15 is 0 Å². The highest BCUT2D eigenvalue weighted by Gasteiger charge is 2.18. The second kappa shape index (κ2) is 5.55. The zero-order valence-corrected chi connectivity index (χ0v) is 9.29. The maximum absolute atomic E-state index is 13.6. The number of rotatable bonds is 5. The monoisotopic (exact) mass is 230 g/mol. The van der Waals surface area contributed by atoms with Crippen molar-refractivity contribution in [3.8, 4) is 17.2 Å².